The van der Waals surface area contributed by atoms with Crippen LogP contribution in [-0.4, -0.2) is 36.7 Å². The molecule has 1 saturated heterocycles. The summed E-state index contributed by atoms with van der Waals surface area (Å²) in [5, 5.41) is 6.05. The second kappa shape index (κ2) is 8.49. The molecule has 164 valence electrons. The van der Waals surface area contributed by atoms with Crippen molar-refractivity contribution in [1.29, 1.82) is 0 Å². The molecule has 0 atom stereocenters. The third-order valence-electron chi connectivity index (χ3n) is 6.23. The molecule has 0 unspecified atom stereocenters. The quantitative estimate of drug-likeness (QED) is 0.780. The van der Waals surface area contributed by atoms with E-state index in [2.05, 4.69) is 10.6 Å². The molecule has 0 spiro atoms. The van der Waals surface area contributed by atoms with Gasteiger partial charge in [-0.25, -0.2) is 4.79 Å². The van der Waals surface area contributed by atoms with Crippen LogP contribution in [0.2, 0.25) is 0 Å². The fourth-order valence-electron chi connectivity index (χ4n) is 3.94. The second-order valence-corrected chi connectivity index (χ2v) is 8.67. The van der Waals surface area contributed by atoms with Gasteiger partial charge >= 0.3 is 6.03 Å². The van der Waals surface area contributed by atoms with Crippen molar-refractivity contribution in [2.45, 2.75) is 40.2 Å². The number of amides is 3. The fraction of sp³-hybridized carbons (Fsp3) is 0.417. The highest BCUT2D eigenvalue weighted by Gasteiger charge is 2.38. The van der Waals surface area contributed by atoms with Crippen molar-refractivity contribution in [3.8, 4) is 11.5 Å². The van der Waals surface area contributed by atoms with Gasteiger partial charge in [0.1, 0.15) is 0 Å². The average Bonchev–Trinajstić information content (AvgIpc) is 3.23. The lowest BCUT2D eigenvalue weighted by Gasteiger charge is -2.38. The Labute approximate surface area is 182 Å². The summed E-state index contributed by atoms with van der Waals surface area (Å²) in [5.41, 5.74) is 3.44. The lowest BCUT2D eigenvalue weighted by molar-refractivity contribution is -0.132. The van der Waals surface area contributed by atoms with Crippen LogP contribution >= 0.6 is 0 Å². The summed E-state index contributed by atoms with van der Waals surface area (Å²) in [7, 11) is 0. The average molecular weight is 424 g/mol. The molecule has 2 aromatic rings. The summed E-state index contributed by atoms with van der Waals surface area (Å²) in [6, 6.07) is 11.6. The minimum absolute atomic E-state index is 0.0137. The van der Waals surface area contributed by atoms with E-state index in [0.29, 0.717) is 38.2 Å². The molecule has 1 fully saturated rings. The number of carbonyl (C=O) groups excluding carboxylic acids is 2. The number of nitrogens with one attached hydrogen (secondary N) is 2. The molecule has 0 aliphatic carbocycles. The first-order valence-corrected chi connectivity index (χ1v) is 10.6. The van der Waals surface area contributed by atoms with Gasteiger partial charge in [-0.2, -0.15) is 0 Å². The van der Waals surface area contributed by atoms with Crippen LogP contribution in [-0.2, 0) is 11.3 Å². The van der Waals surface area contributed by atoms with Crippen molar-refractivity contribution >= 4 is 17.6 Å². The molecule has 4 rings (SSSR count). The van der Waals surface area contributed by atoms with Gasteiger partial charge in [-0.3, -0.25) is 4.79 Å². The zero-order valence-corrected chi connectivity index (χ0v) is 18.3. The van der Waals surface area contributed by atoms with Crippen LogP contribution in [0.4, 0.5) is 10.5 Å². The number of anilines is 1. The smallest absolute Gasteiger partial charge is 0.321 e. The van der Waals surface area contributed by atoms with Crippen molar-refractivity contribution in [2.75, 3.05) is 25.2 Å². The first kappa shape index (κ1) is 21.0. The second-order valence-electron chi connectivity index (χ2n) is 8.67. The van der Waals surface area contributed by atoms with Gasteiger partial charge in [-0.05, 0) is 61.6 Å². The summed E-state index contributed by atoms with van der Waals surface area (Å²) in [6.45, 7) is 7.71. The van der Waals surface area contributed by atoms with E-state index in [1.54, 1.807) is 4.90 Å². The van der Waals surface area contributed by atoms with Gasteiger partial charge in [0.2, 0.25) is 12.7 Å². The Morgan fingerprint density at radius 3 is 2.55 bits per heavy atom. The van der Waals surface area contributed by atoms with Crippen molar-refractivity contribution in [1.82, 2.24) is 10.2 Å². The minimum atomic E-state index is -0.494. The van der Waals surface area contributed by atoms with Crippen LogP contribution in [0.5, 0.6) is 11.5 Å². The largest absolute Gasteiger partial charge is 0.454 e. The third-order valence-corrected chi connectivity index (χ3v) is 6.23. The number of rotatable bonds is 4. The summed E-state index contributed by atoms with van der Waals surface area (Å²) in [6.07, 6.45) is 1.25. The number of carbonyl (C=O) groups is 2. The van der Waals surface area contributed by atoms with Crippen LogP contribution in [0.25, 0.3) is 0 Å². The molecule has 2 heterocycles. The summed E-state index contributed by atoms with van der Waals surface area (Å²) < 4.78 is 10.7. The molecule has 0 saturated carbocycles. The van der Waals surface area contributed by atoms with Crippen LogP contribution < -0.4 is 20.1 Å². The molecule has 7 nitrogen and oxygen atoms in total. The maximum absolute atomic E-state index is 12.9. The molecule has 7 heteroatoms. The number of nitrogens with zero attached hydrogens (tertiary/aromatic N) is 1. The molecular formula is C24H29N3O4. The summed E-state index contributed by atoms with van der Waals surface area (Å²) in [5.74, 6) is 1.45. The highest BCUT2D eigenvalue weighted by Crippen LogP contribution is 2.34. The zero-order valence-electron chi connectivity index (χ0n) is 18.3. The first-order chi connectivity index (χ1) is 14.8. The minimum Gasteiger partial charge on any atom is -0.454 e. The van der Waals surface area contributed by atoms with Crippen LogP contribution in [0.15, 0.2) is 36.4 Å². The third kappa shape index (κ3) is 4.60. The molecule has 2 aromatic carbocycles. The van der Waals surface area contributed by atoms with Gasteiger partial charge in [0.05, 0.1) is 0 Å². The number of fused-ring (bicyclic) bond motifs is 1. The van der Waals surface area contributed by atoms with E-state index in [9.17, 15) is 9.59 Å². The Kier molecular flexibility index (Phi) is 5.76. The highest BCUT2D eigenvalue weighted by atomic mass is 16.7. The number of benzene rings is 2. The van der Waals surface area contributed by atoms with E-state index in [0.717, 1.165) is 28.1 Å². The number of aryl methyl sites for hydroxylation is 2. The molecule has 2 aliphatic heterocycles. The van der Waals surface area contributed by atoms with E-state index in [4.69, 9.17) is 9.47 Å². The Bertz CT molecular complexity index is 996. The van der Waals surface area contributed by atoms with Crippen molar-refractivity contribution in [2.24, 2.45) is 5.41 Å². The highest BCUT2D eigenvalue weighted by molar-refractivity contribution is 5.90. The van der Waals surface area contributed by atoms with E-state index < -0.39 is 5.41 Å². The fourth-order valence-corrected chi connectivity index (χ4v) is 3.94. The van der Waals surface area contributed by atoms with Gasteiger partial charge < -0.3 is 25.0 Å². The predicted molar refractivity (Wildman–Crippen MR) is 118 cm³/mol. The van der Waals surface area contributed by atoms with Gasteiger partial charge in [0, 0.05) is 30.7 Å². The standard InChI is InChI=1S/C24H29N3O4/c1-16-4-5-17(2)19(12-16)26-23(29)27-10-8-24(3,9-11-27)22(28)25-14-18-6-7-20-21(13-18)31-15-30-20/h4-7,12-13H,8-11,14-15H2,1-3H3,(H,25,28)(H,26,29). The maximum Gasteiger partial charge on any atom is 0.321 e. The van der Waals surface area contributed by atoms with Crippen molar-refractivity contribution in [3.63, 3.8) is 0 Å². The van der Waals surface area contributed by atoms with E-state index in [1.165, 1.54) is 0 Å². The number of ether oxygens (including phenoxy) is 2. The monoisotopic (exact) mass is 423 g/mol. The summed E-state index contributed by atoms with van der Waals surface area (Å²) >= 11 is 0. The molecule has 2 aliphatic rings. The van der Waals surface area contributed by atoms with E-state index >= 15 is 0 Å². The Hall–Kier alpha value is -3.22. The normalized spacial score (nSPS) is 16.7. The Morgan fingerprint density at radius 1 is 1.03 bits per heavy atom. The first-order valence-electron chi connectivity index (χ1n) is 10.6. The lowest BCUT2D eigenvalue weighted by atomic mass is 9.79. The van der Waals surface area contributed by atoms with Gasteiger partial charge in [0.15, 0.2) is 11.5 Å². The molecule has 0 radical (unpaired) electrons. The molecule has 31 heavy (non-hydrogen) atoms. The lowest BCUT2D eigenvalue weighted by Crippen LogP contribution is -2.49. The van der Waals surface area contributed by atoms with Crippen LogP contribution in [0, 0.1) is 19.3 Å². The van der Waals surface area contributed by atoms with Crippen LogP contribution in [0.3, 0.4) is 0 Å². The van der Waals surface area contributed by atoms with Gasteiger partial charge in [0.25, 0.3) is 0 Å². The maximum atomic E-state index is 12.9. The Balaban J connectivity index is 1.29. The Morgan fingerprint density at radius 2 is 1.77 bits per heavy atom. The zero-order chi connectivity index (χ0) is 22.0. The van der Waals surface area contributed by atoms with Crippen LogP contribution in [0.1, 0.15) is 36.5 Å². The van der Waals surface area contributed by atoms with E-state index in [1.807, 2.05) is 57.2 Å². The molecule has 0 bridgehead atoms. The SMILES string of the molecule is Cc1ccc(C)c(NC(=O)N2CCC(C)(C(=O)NCc3ccc4c(c3)OCO4)CC2)c1. The van der Waals surface area contributed by atoms with Crippen molar-refractivity contribution in [3.05, 3.63) is 53.1 Å². The molecular weight excluding hydrogens is 394 g/mol. The number of hydrogen-bond donors (Lipinski definition) is 2. The van der Waals surface area contributed by atoms with Gasteiger partial charge in [-0.1, -0.05) is 25.1 Å². The number of likely N-dealkylation sites (tertiary alicyclic amines) is 1. The summed E-state index contributed by atoms with van der Waals surface area (Å²) in [4.78, 5) is 27.4. The molecule has 0 aromatic heterocycles. The number of piperidine rings is 1. The predicted octanol–water partition coefficient (Wildman–Crippen LogP) is 3.98. The van der Waals surface area contributed by atoms with E-state index in [-0.39, 0.29) is 18.7 Å². The van der Waals surface area contributed by atoms with Crippen molar-refractivity contribution < 1.29 is 19.1 Å². The topological polar surface area (TPSA) is 79.9 Å². The number of hydrogen-bond acceptors (Lipinski definition) is 4. The number of urea groups is 1. The molecule has 2 N–H and O–H groups in total. The van der Waals surface area contributed by atoms with Gasteiger partial charge in [-0.15, -0.1) is 0 Å². The molecule has 3 amide bonds.